The lowest BCUT2D eigenvalue weighted by atomic mass is 10.3. The topological polar surface area (TPSA) is 49.4 Å². The highest BCUT2D eigenvalue weighted by atomic mass is 32.2. The summed E-state index contributed by atoms with van der Waals surface area (Å²) in [4.78, 5) is 1.41. The molecule has 1 rings (SSSR count). The molecule has 0 aliphatic rings. The highest BCUT2D eigenvalue weighted by Crippen LogP contribution is 2.30. The number of nitrogens with zero attached hydrogens (tertiary/aromatic N) is 1. The van der Waals surface area contributed by atoms with E-state index in [4.69, 9.17) is 0 Å². The quantitative estimate of drug-likeness (QED) is 0.750. The maximum Gasteiger partial charge on any atom is 0.244 e. The van der Waals surface area contributed by atoms with Crippen LogP contribution in [-0.4, -0.2) is 31.9 Å². The summed E-state index contributed by atoms with van der Waals surface area (Å²) in [7, 11) is -3.40. The SMILES string of the molecule is CCCNCc1scc(C)c1S(=O)(=O)N(CC)C(C)C. The summed E-state index contributed by atoms with van der Waals surface area (Å²) >= 11 is 1.52. The van der Waals surface area contributed by atoms with Crippen LogP contribution in [0.5, 0.6) is 0 Å². The zero-order valence-corrected chi connectivity index (χ0v) is 14.7. The van der Waals surface area contributed by atoms with Crippen molar-refractivity contribution >= 4 is 21.4 Å². The molecule has 0 atom stereocenters. The molecule has 1 heterocycles. The fraction of sp³-hybridized carbons (Fsp3) is 0.714. The zero-order valence-electron chi connectivity index (χ0n) is 13.1. The molecule has 0 bridgehead atoms. The van der Waals surface area contributed by atoms with Crippen LogP contribution in [0.15, 0.2) is 10.3 Å². The van der Waals surface area contributed by atoms with E-state index in [-0.39, 0.29) is 6.04 Å². The summed E-state index contributed by atoms with van der Waals surface area (Å²) in [5, 5.41) is 5.23. The Bertz CT molecular complexity index is 521. The first-order valence-electron chi connectivity index (χ1n) is 7.15. The van der Waals surface area contributed by atoms with Gasteiger partial charge in [0.1, 0.15) is 4.90 Å². The molecule has 0 unspecified atom stereocenters. The van der Waals surface area contributed by atoms with Crippen molar-refractivity contribution < 1.29 is 8.42 Å². The predicted molar refractivity (Wildman–Crippen MR) is 85.8 cm³/mol. The van der Waals surface area contributed by atoms with Gasteiger partial charge >= 0.3 is 0 Å². The lowest BCUT2D eigenvalue weighted by molar-refractivity contribution is 0.368. The van der Waals surface area contributed by atoms with Gasteiger partial charge in [0, 0.05) is 24.0 Å². The van der Waals surface area contributed by atoms with E-state index in [2.05, 4.69) is 12.2 Å². The van der Waals surface area contributed by atoms with E-state index in [0.29, 0.717) is 18.0 Å². The molecule has 0 aromatic carbocycles. The number of aryl methyl sites for hydroxylation is 1. The first kappa shape index (κ1) is 17.6. The molecule has 0 spiro atoms. The third-order valence-electron chi connectivity index (χ3n) is 3.16. The molecule has 1 aromatic heterocycles. The molecule has 20 heavy (non-hydrogen) atoms. The third-order valence-corrected chi connectivity index (χ3v) is 6.77. The zero-order chi connectivity index (χ0) is 15.3. The minimum absolute atomic E-state index is 0.0271. The monoisotopic (exact) mass is 318 g/mol. The highest BCUT2D eigenvalue weighted by molar-refractivity contribution is 7.89. The molecule has 0 saturated carbocycles. The smallest absolute Gasteiger partial charge is 0.244 e. The predicted octanol–water partition coefficient (Wildman–Crippen LogP) is 2.98. The Morgan fingerprint density at radius 2 is 2.00 bits per heavy atom. The highest BCUT2D eigenvalue weighted by Gasteiger charge is 2.30. The molecular weight excluding hydrogens is 292 g/mol. The molecule has 1 aromatic rings. The molecular formula is C14H26N2O2S2. The van der Waals surface area contributed by atoms with E-state index in [1.54, 1.807) is 4.31 Å². The Kier molecular flexibility index (Phi) is 6.64. The lowest BCUT2D eigenvalue weighted by Crippen LogP contribution is -2.37. The average molecular weight is 319 g/mol. The Hall–Kier alpha value is -0.430. The Labute approximate surface area is 127 Å². The Morgan fingerprint density at radius 3 is 2.50 bits per heavy atom. The van der Waals surface area contributed by atoms with Crippen LogP contribution in [0.25, 0.3) is 0 Å². The lowest BCUT2D eigenvalue weighted by Gasteiger charge is -2.25. The maximum absolute atomic E-state index is 12.8. The van der Waals surface area contributed by atoms with Crippen molar-refractivity contribution in [3.63, 3.8) is 0 Å². The van der Waals surface area contributed by atoms with E-state index in [1.165, 1.54) is 11.3 Å². The van der Waals surface area contributed by atoms with E-state index < -0.39 is 10.0 Å². The van der Waals surface area contributed by atoms with E-state index in [0.717, 1.165) is 23.4 Å². The first-order chi connectivity index (χ1) is 9.36. The Balaban J connectivity index is 3.14. The first-order valence-corrected chi connectivity index (χ1v) is 9.47. The van der Waals surface area contributed by atoms with Gasteiger partial charge in [0.05, 0.1) is 0 Å². The van der Waals surface area contributed by atoms with Crippen LogP contribution in [0.1, 0.15) is 44.6 Å². The molecule has 0 fully saturated rings. The third kappa shape index (κ3) is 3.81. The van der Waals surface area contributed by atoms with Gasteiger partial charge in [-0.1, -0.05) is 13.8 Å². The van der Waals surface area contributed by atoms with Crippen LogP contribution in [0.4, 0.5) is 0 Å². The van der Waals surface area contributed by atoms with Gasteiger partial charge in [-0.25, -0.2) is 8.42 Å². The molecule has 0 radical (unpaired) electrons. The number of sulfonamides is 1. The molecule has 6 heteroatoms. The van der Waals surface area contributed by atoms with Crippen molar-refractivity contribution in [2.75, 3.05) is 13.1 Å². The van der Waals surface area contributed by atoms with Gasteiger partial charge in [0.2, 0.25) is 10.0 Å². The van der Waals surface area contributed by atoms with Crippen LogP contribution in [0, 0.1) is 6.92 Å². The van der Waals surface area contributed by atoms with Crippen molar-refractivity contribution in [2.24, 2.45) is 0 Å². The molecule has 4 nitrogen and oxygen atoms in total. The summed E-state index contributed by atoms with van der Waals surface area (Å²) in [6, 6.07) is -0.0271. The average Bonchev–Trinajstić information content (AvgIpc) is 2.71. The van der Waals surface area contributed by atoms with Crippen molar-refractivity contribution in [1.29, 1.82) is 0 Å². The molecule has 0 saturated heterocycles. The minimum atomic E-state index is -3.40. The van der Waals surface area contributed by atoms with Crippen molar-refractivity contribution in [1.82, 2.24) is 9.62 Å². The van der Waals surface area contributed by atoms with Crippen LogP contribution in [0.3, 0.4) is 0 Å². The van der Waals surface area contributed by atoms with Gasteiger partial charge in [-0.3, -0.25) is 0 Å². The number of hydrogen-bond acceptors (Lipinski definition) is 4. The summed E-state index contributed by atoms with van der Waals surface area (Å²) in [6.45, 7) is 11.7. The van der Waals surface area contributed by atoms with Gasteiger partial charge < -0.3 is 5.32 Å². The van der Waals surface area contributed by atoms with Gasteiger partial charge in [-0.2, -0.15) is 4.31 Å². The normalized spacial score (nSPS) is 12.6. The fourth-order valence-corrected chi connectivity index (χ4v) is 5.64. The summed E-state index contributed by atoms with van der Waals surface area (Å²) in [6.07, 6.45) is 1.04. The van der Waals surface area contributed by atoms with Gasteiger partial charge in [-0.15, -0.1) is 11.3 Å². The molecule has 0 aliphatic carbocycles. The number of nitrogens with one attached hydrogen (secondary N) is 1. The van der Waals surface area contributed by atoms with Crippen molar-refractivity contribution in [3.05, 3.63) is 15.8 Å². The fourth-order valence-electron chi connectivity index (χ4n) is 2.26. The molecule has 116 valence electrons. The Morgan fingerprint density at radius 1 is 1.35 bits per heavy atom. The van der Waals surface area contributed by atoms with Crippen LogP contribution >= 0.6 is 11.3 Å². The second-order valence-electron chi connectivity index (χ2n) is 5.15. The molecule has 0 aliphatic heterocycles. The van der Waals surface area contributed by atoms with Crippen LogP contribution in [0.2, 0.25) is 0 Å². The second-order valence-corrected chi connectivity index (χ2v) is 7.94. The standard InChI is InChI=1S/C14H26N2O2S2/c1-6-8-15-9-13-14(12(5)10-19-13)20(17,18)16(7-2)11(3)4/h10-11,15H,6-9H2,1-5H3. The van der Waals surface area contributed by atoms with Gasteiger partial charge in [-0.05, 0) is 44.7 Å². The van der Waals surface area contributed by atoms with Crippen LogP contribution in [-0.2, 0) is 16.6 Å². The van der Waals surface area contributed by atoms with Crippen LogP contribution < -0.4 is 5.32 Å². The second kappa shape index (κ2) is 7.54. The molecule has 0 amide bonds. The minimum Gasteiger partial charge on any atom is -0.312 e. The number of thiophene rings is 1. The van der Waals surface area contributed by atoms with Gasteiger partial charge in [0.25, 0.3) is 0 Å². The van der Waals surface area contributed by atoms with Crippen molar-refractivity contribution in [3.8, 4) is 0 Å². The number of rotatable bonds is 8. The largest absolute Gasteiger partial charge is 0.312 e. The van der Waals surface area contributed by atoms with Crippen molar-refractivity contribution in [2.45, 2.75) is 58.5 Å². The van der Waals surface area contributed by atoms with E-state index >= 15 is 0 Å². The summed E-state index contributed by atoms with van der Waals surface area (Å²) in [5.74, 6) is 0. The maximum atomic E-state index is 12.8. The van der Waals surface area contributed by atoms with E-state index in [1.807, 2.05) is 33.1 Å². The number of hydrogen-bond donors (Lipinski definition) is 1. The summed E-state index contributed by atoms with van der Waals surface area (Å²) < 4.78 is 27.3. The van der Waals surface area contributed by atoms with E-state index in [9.17, 15) is 8.42 Å². The van der Waals surface area contributed by atoms with Gasteiger partial charge in [0.15, 0.2) is 0 Å². The molecule has 1 N–H and O–H groups in total. The summed E-state index contributed by atoms with van der Waals surface area (Å²) in [5.41, 5.74) is 0.849.